The van der Waals surface area contributed by atoms with Crippen LogP contribution in [0.15, 0.2) is 24.3 Å². The van der Waals surface area contributed by atoms with E-state index in [1.165, 1.54) is 19.3 Å². The summed E-state index contributed by atoms with van der Waals surface area (Å²) in [6.07, 6.45) is 3.68. The number of hydrogen-bond acceptors (Lipinski definition) is 2. The van der Waals surface area contributed by atoms with Gasteiger partial charge in [0.05, 0.1) is 0 Å². The van der Waals surface area contributed by atoms with Crippen LogP contribution < -0.4 is 10.2 Å². The molecule has 1 heterocycles. The zero-order valence-electron chi connectivity index (χ0n) is 12.0. The van der Waals surface area contributed by atoms with Gasteiger partial charge in [0.25, 0.3) is 0 Å². The first-order valence-electron chi connectivity index (χ1n) is 7.39. The highest BCUT2D eigenvalue weighted by molar-refractivity contribution is 5.46. The van der Waals surface area contributed by atoms with Gasteiger partial charge in [0, 0.05) is 24.8 Å². The molecule has 1 fully saturated rings. The van der Waals surface area contributed by atoms with E-state index in [4.69, 9.17) is 0 Å². The van der Waals surface area contributed by atoms with Crippen molar-refractivity contribution >= 4 is 5.69 Å². The normalized spacial score (nSPS) is 20.0. The fraction of sp³-hybridized carbons (Fsp3) is 0.625. The Hall–Kier alpha value is -1.09. The molecule has 1 unspecified atom stereocenters. The van der Waals surface area contributed by atoms with Crippen LogP contribution in [0.5, 0.6) is 0 Å². The SMILES string of the molecule is CC(C)CCNC1CCCN(c2ccc(F)cc2)C1. The smallest absolute Gasteiger partial charge is 0.123 e. The van der Waals surface area contributed by atoms with Crippen molar-refractivity contribution in [1.82, 2.24) is 5.32 Å². The van der Waals surface area contributed by atoms with Gasteiger partial charge in [-0.25, -0.2) is 4.39 Å². The van der Waals surface area contributed by atoms with Gasteiger partial charge in [0.1, 0.15) is 5.82 Å². The zero-order chi connectivity index (χ0) is 13.7. The highest BCUT2D eigenvalue weighted by atomic mass is 19.1. The van der Waals surface area contributed by atoms with E-state index in [0.717, 1.165) is 31.2 Å². The molecule has 1 aromatic carbocycles. The molecular weight excluding hydrogens is 239 g/mol. The number of piperidine rings is 1. The van der Waals surface area contributed by atoms with Gasteiger partial charge >= 0.3 is 0 Å². The van der Waals surface area contributed by atoms with Crippen LogP contribution in [-0.4, -0.2) is 25.7 Å². The Bertz CT molecular complexity index is 375. The minimum absolute atomic E-state index is 0.160. The molecule has 1 N–H and O–H groups in total. The van der Waals surface area contributed by atoms with Crippen LogP contribution in [0.1, 0.15) is 33.1 Å². The van der Waals surface area contributed by atoms with Gasteiger partial charge in [-0.05, 0) is 56.0 Å². The van der Waals surface area contributed by atoms with Gasteiger partial charge in [-0.3, -0.25) is 0 Å². The molecule has 106 valence electrons. The van der Waals surface area contributed by atoms with Gasteiger partial charge in [-0.1, -0.05) is 13.8 Å². The molecule has 1 aliphatic heterocycles. The van der Waals surface area contributed by atoms with Crippen molar-refractivity contribution in [3.8, 4) is 0 Å². The van der Waals surface area contributed by atoms with E-state index in [1.54, 1.807) is 12.1 Å². The van der Waals surface area contributed by atoms with E-state index in [0.29, 0.717) is 6.04 Å². The molecule has 0 spiro atoms. The van der Waals surface area contributed by atoms with E-state index in [-0.39, 0.29) is 5.82 Å². The lowest BCUT2D eigenvalue weighted by Gasteiger charge is -2.35. The van der Waals surface area contributed by atoms with Crippen LogP contribution >= 0.6 is 0 Å². The average molecular weight is 264 g/mol. The van der Waals surface area contributed by atoms with Crippen molar-refractivity contribution in [3.63, 3.8) is 0 Å². The van der Waals surface area contributed by atoms with Gasteiger partial charge in [-0.15, -0.1) is 0 Å². The topological polar surface area (TPSA) is 15.3 Å². The van der Waals surface area contributed by atoms with E-state index in [2.05, 4.69) is 24.1 Å². The number of anilines is 1. The van der Waals surface area contributed by atoms with Crippen molar-refractivity contribution in [3.05, 3.63) is 30.1 Å². The Kier molecular flexibility index (Phi) is 5.20. The summed E-state index contributed by atoms with van der Waals surface area (Å²) in [6, 6.07) is 7.42. The Balaban J connectivity index is 1.84. The second-order valence-corrected chi connectivity index (χ2v) is 5.90. The maximum absolute atomic E-state index is 12.9. The van der Waals surface area contributed by atoms with Crippen LogP contribution in [0, 0.1) is 11.7 Å². The second-order valence-electron chi connectivity index (χ2n) is 5.90. The minimum Gasteiger partial charge on any atom is -0.370 e. The third-order valence-corrected chi connectivity index (χ3v) is 3.77. The van der Waals surface area contributed by atoms with Crippen LogP contribution in [0.4, 0.5) is 10.1 Å². The van der Waals surface area contributed by atoms with E-state index >= 15 is 0 Å². The Morgan fingerprint density at radius 2 is 2.05 bits per heavy atom. The molecular formula is C16H25FN2. The van der Waals surface area contributed by atoms with Crippen LogP contribution in [0.3, 0.4) is 0 Å². The summed E-state index contributed by atoms with van der Waals surface area (Å²) in [5.41, 5.74) is 1.14. The van der Waals surface area contributed by atoms with Crippen molar-refractivity contribution in [2.24, 2.45) is 5.92 Å². The lowest BCUT2D eigenvalue weighted by molar-refractivity contribution is 0.406. The molecule has 2 nitrogen and oxygen atoms in total. The molecule has 1 aromatic rings. The first kappa shape index (κ1) is 14.3. The molecule has 3 heteroatoms. The van der Waals surface area contributed by atoms with Crippen LogP contribution in [0.25, 0.3) is 0 Å². The average Bonchev–Trinajstić information content (AvgIpc) is 2.39. The molecule has 0 aromatic heterocycles. The largest absolute Gasteiger partial charge is 0.370 e. The molecule has 0 amide bonds. The molecule has 19 heavy (non-hydrogen) atoms. The van der Waals surface area contributed by atoms with Crippen molar-refractivity contribution in [2.45, 2.75) is 39.2 Å². The maximum Gasteiger partial charge on any atom is 0.123 e. The standard InChI is InChI=1S/C16H25FN2/c1-13(2)9-10-18-15-4-3-11-19(12-15)16-7-5-14(17)6-8-16/h5-8,13,15,18H,3-4,9-12H2,1-2H3. The summed E-state index contributed by atoms with van der Waals surface area (Å²) in [6.45, 7) is 7.72. The number of hydrogen-bond donors (Lipinski definition) is 1. The van der Waals surface area contributed by atoms with Gasteiger partial charge in [0.15, 0.2) is 0 Å². The van der Waals surface area contributed by atoms with E-state index in [1.807, 2.05) is 12.1 Å². The molecule has 1 atom stereocenters. The number of nitrogens with one attached hydrogen (secondary N) is 1. The van der Waals surface area contributed by atoms with Crippen molar-refractivity contribution in [2.75, 3.05) is 24.5 Å². The van der Waals surface area contributed by atoms with Gasteiger partial charge in [0.2, 0.25) is 0 Å². The second kappa shape index (κ2) is 6.90. The maximum atomic E-state index is 12.9. The highest BCUT2D eigenvalue weighted by Gasteiger charge is 2.19. The molecule has 0 bridgehead atoms. The Labute approximate surface area is 116 Å². The Morgan fingerprint density at radius 3 is 2.74 bits per heavy atom. The summed E-state index contributed by atoms with van der Waals surface area (Å²) in [5.74, 6) is 0.594. The fourth-order valence-electron chi connectivity index (χ4n) is 2.61. The van der Waals surface area contributed by atoms with Crippen LogP contribution in [0.2, 0.25) is 0 Å². The lowest BCUT2D eigenvalue weighted by Crippen LogP contribution is -2.46. The van der Waals surface area contributed by atoms with E-state index < -0.39 is 0 Å². The first-order valence-corrected chi connectivity index (χ1v) is 7.39. The quantitative estimate of drug-likeness (QED) is 0.876. The Morgan fingerprint density at radius 1 is 1.32 bits per heavy atom. The molecule has 0 aliphatic carbocycles. The fourth-order valence-corrected chi connectivity index (χ4v) is 2.61. The molecule has 2 rings (SSSR count). The summed E-state index contributed by atoms with van der Waals surface area (Å²) in [7, 11) is 0. The third kappa shape index (κ3) is 4.50. The molecule has 1 aliphatic rings. The lowest BCUT2D eigenvalue weighted by atomic mass is 10.0. The summed E-state index contributed by atoms with van der Waals surface area (Å²) in [4.78, 5) is 2.36. The minimum atomic E-state index is -0.160. The number of benzene rings is 1. The number of rotatable bonds is 5. The monoisotopic (exact) mass is 264 g/mol. The predicted octanol–water partition coefficient (Wildman–Crippen LogP) is 3.43. The predicted molar refractivity (Wildman–Crippen MR) is 79.1 cm³/mol. The third-order valence-electron chi connectivity index (χ3n) is 3.77. The van der Waals surface area contributed by atoms with Crippen LogP contribution in [-0.2, 0) is 0 Å². The van der Waals surface area contributed by atoms with Gasteiger partial charge in [-0.2, -0.15) is 0 Å². The van der Waals surface area contributed by atoms with Crippen molar-refractivity contribution in [1.29, 1.82) is 0 Å². The first-order chi connectivity index (χ1) is 9.15. The van der Waals surface area contributed by atoms with E-state index in [9.17, 15) is 4.39 Å². The number of halogens is 1. The summed E-state index contributed by atoms with van der Waals surface area (Å²) >= 11 is 0. The number of nitrogens with zero attached hydrogens (tertiary/aromatic N) is 1. The molecule has 1 saturated heterocycles. The summed E-state index contributed by atoms with van der Waals surface area (Å²) in [5, 5.41) is 3.65. The van der Waals surface area contributed by atoms with Gasteiger partial charge < -0.3 is 10.2 Å². The summed E-state index contributed by atoms with van der Waals surface area (Å²) < 4.78 is 12.9. The highest BCUT2D eigenvalue weighted by Crippen LogP contribution is 2.20. The zero-order valence-corrected chi connectivity index (χ0v) is 12.0. The molecule has 0 saturated carbocycles. The van der Waals surface area contributed by atoms with Crippen molar-refractivity contribution < 1.29 is 4.39 Å². The molecule has 0 radical (unpaired) electrons.